The Bertz CT molecular complexity index is 653. The summed E-state index contributed by atoms with van der Waals surface area (Å²) in [5.74, 6) is 0.379. The van der Waals surface area contributed by atoms with Crippen molar-refractivity contribution in [2.45, 2.75) is 39.2 Å². The Hall–Kier alpha value is -2.36. The van der Waals surface area contributed by atoms with E-state index >= 15 is 0 Å². The molecule has 0 bridgehead atoms. The molecule has 24 heavy (non-hydrogen) atoms. The summed E-state index contributed by atoms with van der Waals surface area (Å²) in [5, 5.41) is 2.84. The van der Waals surface area contributed by atoms with Crippen LogP contribution in [0.15, 0.2) is 48.5 Å². The van der Waals surface area contributed by atoms with Crippen molar-refractivity contribution in [1.29, 1.82) is 0 Å². The molecule has 0 saturated heterocycles. The lowest BCUT2D eigenvalue weighted by molar-refractivity contribution is -0.120. The Morgan fingerprint density at radius 3 is 2.50 bits per heavy atom. The number of halogens is 1. The maximum atomic E-state index is 13.5. The van der Waals surface area contributed by atoms with Crippen molar-refractivity contribution in [3.63, 3.8) is 0 Å². The number of ether oxygens (including phenoxy) is 1. The zero-order valence-electron chi connectivity index (χ0n) is 14.2. The molecule has 0 aromatic heterocycles. The number of aryl methyl sites for hydroxylation is 1. The van der Waals surface area contributed by atoms with E-state index in [1.54, 1.807) is 18.2 Å². The van der Waals surface area contributed by atoms with Gasteiger partial charge < -0.3 is 10.1 Å². The highest BCUT2D eigenvalue weighted by Gasteiger charge is 2.07. The van der Waals surface area contributed by atoms with Crippen LogP contribution in [0.5, 0.6) is 5.75 Å². The highest BCUT2D eigenvalue weighted by Crippen LogP contribution is 2.14. The predicted octanol–water partition coefficient (Wildman–Crippen LogP) is 3.90. The first-order valence-electron chi connectivity index (χ1n) is 8.30. The molecule has 4 heteroatoms. The van der Waals surface area contributed by atoms with Gasteiger partial charge in [-0.25, -0.2) is 4.39 Å². The van der Waals surface area contributed by atoms with Gasteiger partial charge in [-0.2, -0.15) is 0 Å². The van der Waals surface area contributed by atoms with Gasteiger partial charge in [-0.05, 0) is 56.0 Å². The number of rotatable bonds is 8. The molecular weight excluding hydrogens is 305 g/mol. The van der Waals surface area contributed by atoms with Gasteiger partial charge in [-0.3, -0.25) is 4.79 Å². The molecule has 0 unspecified atom stereocenters. The second-order valence-electron chi connectivity index (χ2n) is 6.03. The standard InChI is InChI=1S/C20H24FNO2/c1-15(2)24-18-11-9-16(10-12-18)6-5-13-22-20(23)14-17-7-3-4-8-19(17)21/h3-4,7-12,15H,5-6,13-14H2,1-2H3,(H,22,23). The van der Waals surface area contributed by atoms with Crippen molar-refractivity contribution in [3.8, 4) is 5.75 Å². The van der Waals surface area contributed by atoms with Crippen LogP contribution in [0.4, 0.5) is 4.39 Å². The van der Waals surface area contributed by atoms with Gasteiger partial charge in [0.1, 0.15) is 11.6 Å². The molecule has 0 aliphatic rings. The average Bonchev–Trinajstić information content (AvgIpc) is 2.55. The van der Waals surface area contributed by atoms with Gasteiger partial charge in [0.15, 0.2) is 0 Å². The van der Waals surface area contributed by atoms with Crippen molar-refractivity contribution >= 4 is 5.91 Å². The molecule has 1 amide bonds. The minimum absolute atomic E-state index is 0.0773. The Morgan fingerprint density at radius 2 is 1.83 bits per heavy atom. The number of hydrogen-bond donors (Lipinski definition) is 1. The number of hydrogen-bond acceptors (Lipinski definition) is 2. The molecule has 0 radical (unpaired) electrons. The summed E-state index contributed by atoms with van der Waals surface area (Å²) in [6.07, 6.45) is 1.96. The van der Waals surface area contributed by atoms with Gasteiger partial charge in [0.2, 0.25) is 5.91 Å². The van der Waals surface area contributed by atoms with Crippen molar-refractivity contribution in [2.75, 3.05) is 6.54 Å². The van der Waals surface area contributed by atoms with Crippen LogP contribution in [-0.4, -0.2) is 18.6 Å². The highest BCUT2D eigenvalue weighted by molar-refractivity contribution is 5.78. The summed E-state index contributed by atoms with van der Waals surface area (Å²) in [6, 6.07) is 14.4. The molecule has 0 aliphatic carbocycles. The van der Waals surface area contributed by atoms with Gasteiger partial charge in [-0.1, -0.05) is 30.3 Å². The number of carbonyl (C=O) groups is 1. The molecule has 2 aromatic rings. The molecule has 128 valence electrons. The molecular formula is C20H24FNO2. The van der Waals surface area contributed by atoms with E-state index < -0.39 is 0 Å². The lowest BCUT2D eigenvalue weighted by Gasteiger charge is -2.10. The SMILES string of the molecule is CC(C)Oc1ccc(CCCNC(=O)Cc2ccccc2F)cc1. The van der Waals surface area contributed by atoms with E-state index in [9.17, 15) is 9.18 Å². The maximum Gasteiger partial charge on any atom is 0.224 e. The molecule has 2 rings (SSSR count). The van der Waals surface area contributed by atoms with E-state index in [-0.39, 0.29) is 24.2 Å². The molecule has 0 saturated carbocycles. The molecule has 3 nitrogen and oxygen atoms in total. The maximum absolute atomic E-state index is 13.5. The van der Waals surface area contributed by atoms with Crippen LogP contribution in [0.3, 0.4) is 0 Å². The number of carbonyl (C=O) groups excluding carboxylic acids is 1. The lowest BCUT2D eigenvalue weighted by atomic mass is 10.1. The summed E-state index contributed by atoms with van der Waals surface area (Å²) >= 11 is 0. The van der Waals surface area contributed by atoms with Gasteiger partial charge in [-0.15, -0.1) is 0 Å². The fourth-order valence-corrected chi connectivity index (χ4v) is 2.40. The third-order valence-electron chi connectivity index (χ3n) is 3.57. The van der Waals surface area contributed by atoms with E-state index in [1.807, 2.05) is 38.1 Å². The van der Waals surface area contributed by atoms with E-state index in [1.165, 1.54) is 11.6 Å². The first-order chi connectivity index (χ1) is 11.5. The van der Waals surface area contributed by atoms with Crippen LogP contribution in [0.25, 0.3) is 0 Å². The Morgan fingerprint density at radius 1 is 1.12 bits per heavy atom. The van der Waals surface area contributed by atoms with Gasteiger partial charge in [0, 0.05) is 6.54 Å². The van der Waals surface area contributed by atoms with Crippen LogP contribution < -0.4 is 10.1 Å². The smallest absolute Gasteiger partial charge is 0.224 e. The van der Waals surface area contributed by atoms with Crippen LogP contribution >= 0.6 is 0 Å². The predicted molar refractivity (Wildman–Crippen MR) is 93.6 cm³/mol. The minimum atomic E-state index is -0.337. The molecule has 0 atom stereocenters. The summed E-state index contributed by atoms with van der Waals surface area (Å²) in [6.45, 7) is 4.58. The van der Waals surface area contributed by atoms with Crippen LogP contribution in [0.1, 0.15) is 31.4 Å². The van der Waals surface area contributed by atoms with Crippen LogP contribution in [0.2, 0.25) is 0 Å². The minimum Gasteiger partial charge on any atom is -0.491 e. The van der Waals surface area contributed by atoms with Gasteiger partial charge in [0.05, 0.1) is 12.5 Å². The topological polar surface area (TPSA) is 38.3 Å². The molecule has 2 aromatic carbocycles. The zero-order chi connectivity index (χ0) is 17.4. The molecule has 0 fully saturated rings. The Kier molecular flexibility index (Phi) is 6.79. The second kappa shape index (κ2) is 9.06. The van der Waals surface area contributed by atoms with Gasteiger partial charge >= 0.3 is 0 Å². The van der Waals surface area contributed by atoms with Crippen molar-refractivity contribution in [3.05, 3.63) is 65.5 Å². The molecule has 0 spiro atoms. The Balaban J connectivity index is 1.69. The van der Waals surface area contributed by atoms with E-state index in [2.05, 4.69) is 5.32 Å². The number of nitrogens with one attached hydrogen (secondary N) is 1. The third kappa shape index (κ3) is 6.03. The van der Waals surface area contributed by atoms with Crippen LogP contribution in [-0.2, 0) is 17.6 Å². The molecule has 0 aliphatic heterocycles. The largest absolute Gasteiger partial charge is 0.491 e. The first kappa shape index (κ1) is 18.0. The second-order valence-corrected chi connectivity index (χ2v) is 6.03. The van der Waals surface area contributed by atoms with E-state index in [0.717, 1.165) is 18.6 Å². The third-order valence-corrected chi connectivity index (χ3v) is 3.57. The van der Waals surface area contributed by atoms with Crippen molar-refractivity contribution in [1.82, 2.24) is 5.32 Å². The lowest BCUT2D eigenvalue weighted by Crippen LogP contribution is -2.26. The fourth-order valence-electron chi connectivity index (χ4n) is 2.40. The highest BCUT2D eigenvalue weighted by atomic mass is 19.1. The number of benzene rings is 2. The first-order valence-corrected chi connectivity index (χ1v) is 8.30. The zero-order valence-corrected chi connectivity index (χ0v) is 14.2. The van der Waals surface area contributed by atoms with Gasteiger partial charge in [0.25, 0.3) is 0 Å². The molecule has 1 N–H and O–H groups in total. The summed E-state index contributed by atoms with van der Waals surface area (Å²) in [5.41, 5.74) is 1.63. The summed E-state index contributed by atoms with van der Waals surface area (Å²) in [7, 11) is 0. The number of amides is 1. The normalized spacial score (nSPS) is 10.7. The van der Waals surface area contributed by atoms with E-state index in [4.69, 9.17) is 4.74 Å². The van der Waals surface area contributed by atoms with Crippen LogP contribution in [0, 0.1) is 5.82 Å². The fraction of sp³-hybridized carbons (Fsp3) is 0.350. The average molecular weight is 329 g/mol. The van der Waals surface area contributed by atoms with Crippen molar-refractivity contribution < 1.29 is 13.9 Å². The summed E-state index contributed by atoms with van der Waals surface area (Å²) in [4.78, 5) is 11.8. The summed E-state index contributed by atoms with van der Waals surface area (Å²) < 4.78 is 19.1. The molecule has 0 heterocycles. The van der Waals surface area contributed by atoms with Crippen molar-refractivity contribution in [2.24, 2.45) is 0 Å². The quantitative estimate of drug-likeness (QED) is 0.746. The monoisotopic (exact) mass is 329 g/mol. The Labute approximate surface area is 142 Å². The van der Waals surface area contributed by atoms with E-state index in [0.29, 0.717) is 12.1 Å².